The van der Waals surface area contributed by atoms with Crippen molar-refractivity contribution in [3.63, 3.8) is 0 Å². The number of ketones is 3. The second-order valence-corrected chi connectivity index (χ2v) is 22.8. The van der Waals surface area contributed by atoms with Crippen LogP contribution in [0.15, 0.2) is 47.6 Å². The lowest BCUT2D eigenvalue weighted by Gasteiger charge is -2.43. The molecule has 1 aliphatic carbocycles. The van der Waals surface area contributed by atoms with Gasteiger partial charge in [-0.2, -0.15) is 0 Å². The molecule has 4 N–H and O–H groups in total. The van der Waals surface area contributed by atoms with Gasteiger partial charge in [-0.15, -0.1) is 0 Å². The normalized spacial score (nSPS) is 42.0. The van der Waals surface area contributed by atoms with E-state index in [0.29, 0.717) is 63.4 Å². The lowest BCUT2D eigenvalue weighted by Crippen LogP contribution is -2.61. The van der Waals surface area contributed by atoms with E-state index in [1.165, 1.54) is 12.0 Å². The van der Waals surface area contributed by atoms with Crippen molar-refractivity contribution in [2.45, 2.75) is 204 Å². The molecule has 1 saturated carbocycles. The van der Waals surface area contributed by atoms with Gasteiger partial charge >= 0.3 is 5.97 Å². The summed E-state index contributed by atoms with van der Waals surface area (Å²) < 4.78 is 47.8. The quantitative estimate of drug-likeness (QED) is 0.0963. The predicted octanol–water partition coefficient (Wildman–Crippen LogP) is 5.09. The van der Waals surface area contributed by atoms with Gasteiger partial charge in [-0.1, -0.05) is 71.1 Å². The molecule has 5 aliphatic heterocycles. The first-order chi connectivity index (χ1) is 36.2. The number of ether oxygens (including phenoxy) is 8. The van der Waals surface area contributed by atoms with E-state index in [1.54, 1.807) is 40.9 Å². The first-order valence-electron chi connectivity index (χ1n) is 28.0. The van der Waals surface area contributed by atoms with Crippen molar-refractivity contribution in [2.24, 2.45) is 35.5 Å². The molecule has 6 rings (SSSR count). The number of aliphatic hydroxyl groups excluding tert-OH is 3. The summed E-state index contributed by atoms with van der Waals surface area (Å²) in [6.07, 6.45) is 8.36. The summed E-state index contributed by atoms with van der Waals surface area (Å²) in [4.78, 5) is 72.8. The molecule has 6 aliphatic rings. The smallest absolute Gasteiger partial charge is 0.329 e. The van der Waals surface area contributed by atoms with Crippen molar-refractivity contribution in [3.05, 3.63) is 47.6 Å². The summed E-state index contributed by atoms with van der Waals surface area (Å²) in [5, 5.41) is 44.5. The molecule has 0 spiro atoms. The number of hydrogen-bond acceptors (Lipinski definition) is 17. The average Bonchev–Trinajstić information content (AvgIpc) is 3.99. The molecule has 18 heteroatoms. The maximum Gasteiger partial charge on any atom is 0.329 e. The van der Waals surface area contributed by atoms with Crippen LogP contribution < -0.4 is 0 Å². The number of cyclic esters (lactones) is 1. The van der Waals surface area contributed by atoms with Crippen molar-refractivity contribution in [3.8, 4) is 0 Å². The van der Waals surface area contributed by atoms with Gasteiger partial charge in [-0.3, -0.25) is 19.2 Å². The van der Waals surface area contributed by atoms with E-state index in [4.69, 9.17) is 37.9 Å². The van der Waals surface area contributed by atoms with Crippen LogP contribution in [0.2, 0.25) is 0 Å². The second kappa shape index (κ2) is 28.6. The first kappa shape index (κ1) is 61.7. The zero-order valence-corrected chi connectivity index (χ0v) is 46.4. The fraction of sp³-hybridized carbons (Fsp3) is 0.776. The molecular weight excluding hydrogens is 983 g/mol. The van der Waals surface area contributed by atoms with Gasteiger partial charge in [0.2, 0.25) is 5.79 Å². The van der Waals surface area contributed by atoms with Gasteiger partial charge in [0, 0.05) is 51.4 Å². The molecular formula is C58H89NO17. The zero-order valence-electron chi connectivity index (χ0n) is 46.4. The Bertz CT molecular complexity index is 2090. The van der Waals surface area contributed by atoms with E-state index >= 15 is 0 Å². The second-order valence-electron chi connectivity index (χ2n) is 22.8. The third kappa shape index (κ3) is 15.6. The molecule has 5 fully saturated rings. The topological polar surface area (TPSA) is 243 Å². The van der Waals surface area contributed by atoms with E-state index in [0.717, 1.165) is 5.57 Å². The predicted molar refractivity (Wildman–Crippen MR) is 279 cm³/mol. The molecule has 0 aromatic carbocycles. The number of carbonyl (C=O) groups is 5. The monoisotopic (exact) mass is 1070 g/mol. The fourth-order valence-corrected chi connectivity index (χ4v) is 12.0. The molecule has 5 heterocycles. The number of allylic oxidation sites excluding steroid dienone is 6. The number of methoxy groups -OCH3 is 2. The van der Waals surface area contributed by atoms with Crippen LogP contribution in [0.5, 0.6) is 0 Å². The van der Waals surface area contributed by atoms with Gasteiger partial charge < -0.3 is 63.2 Å². The Morgan fingerprint density at radius 1 is 0.789 bits per heavy atom. The van der Waals surface area contributed by atoms with Crippen molar-refractivity contribution in [1.29, 1.82) is 0 Å². The molecule has 0 aromatic rings. The number of amides is 1. The maximum absolute atomic E-state index is 14.5. The Morgan fingerprint density at radius 3 is 2.26 bits per heavy atom. The van der Waals surface area contributed by atoms with Crippen LogP contribution >= 0.6 is 0 Å². The molecule has 0 unspecified atom stereocenters. The van der Waals surface area contributed by atoms with Gasteiger partial charge in [0.15, 0.2) is 5.78 Å². The summed E-state index contributed by atoms with van der Waals surface area (Å²) in [5.41, 5.74) is 1.18. The van der Waals surface area contributed by atoms with Gasteiger partial charge in [0.05, 0.1) is 50.8 Å². The van der Waals surface area contributed by atoms with E-state index in [9.17, 15) is 44.4 Å². The summed E-state index contributed by atoms with van der Waals surface area (Å²) in [5.74, 6) is -8.40. The third-order valence-corrected chi connectivity index (χ3v) is 16.9. The van der Waals surface area contributed by atoms with Gasteiger partial charge in [-0.05, 0) is 107 Å². The van der Waals surface area contributed by atoms with Crippen LogP contribution in [0.3, 0.4) is 0 Å². The SMILES string of the molecule is CO[C@@H]1C[C@H](C[C@@H](C)[C@@H]2CC(=O)[C@H](C)/C=C(\C)[C@@H](O)[C@@H](OC)C(=O)[C@H](C)C[C@H](C)/C=C/C=C/C=C(\C)[C@H](OCCO[C@@H]3CO[C@H]4[C@@H]3OC[C@@H]4O)C[C@@H]3CC[C@@H](C)[C@@](O)(O3)C(=O)C(=O)N3CCCC[C@H]3C(=O)O2)CC[C@H]1O. The number of piperidine rings is 1. The molecule has 2 bridgehead atoms. The average molecular weight is 1070 g/mol. The fourth-order valence-electron chi connectivity index (χ4n) is 12.0. The first-order valence-corrected chi connectivity index (χ1v) is 28.0. The standard InChI is InChI=1S/C58H89NO17/c1-33-15-11-10-12-16-34(2)46(71-23-24-72-49-32-74-52-45(62)31-73-53(49)52)29-41-20-18-39(7)58(68,76-41)55(65)56(66)59-22-14-13-17-42(59)57(67)75-47(36(4)27-40-19-21-43(60)48(28-40)69-8)30-44(61)35(3)26-38(6)51(64)54(70-9)50(63)37(5)25-33/h10-12,15-16,26,33,35-37,39-43,45-49,51-54,60,62,64,68H,13-14,17-25,27-32H2,1-9H3/b12-10+,15-11+,34-16+,38-26+/t33-,35-,36-,37-,39-,40+,41+,42+,43-,45+,46-,47+,48-,49-,51-,52-,53-,54+,58-/m1/s1. The molecule has 76 heavy (non-hydrogen) atoms. The number of esters is 1. The summed E-state index contributed by atoms with van der Waals surface area (Å²) >= 11 is 0. The summed E-state index contributed by atoms with van der Waals surface area (Å²) in [7, 11) is 2.93. The third-order valence-electron chi connectivity index (χ3n) is 16.9. The Labute approximate surface area is 449 Å². The van der Waals surface area contributed by atoms with Crippen molar-refractivity contribution >= 4 is 29.2 Å². The molecule has 1 amide bonds. The minimum absolute atomic E-state index is 0.0290. The molecule has 4 saturated heterocycles. The molecule has 0 aromatic heterocycles. The Hall–Kier alpha value is -3.53. The summed E-state index contributed by atoms with van der Waals surface area (Å²) in [6, 6.07) is -1.18. The van der Waals surface area contributed by atoms with Gasteiger partial charge in [0.1, 0.15) is 54.6 Å². The van der Waals surface area contributed by atoms with E-state index in [-0.39, 0.29) is 99.9 Å². The van der Waals surface area contributed by atoms with Crippen LogP contribution in [0, 0.1) is 35.5 Å². The minimum Gasteiger partial charge on any atom is -0.460 e. The Morgan fingerprint density at radius 2 is 1.53 bits per heavy atom. The number of rotatable bonds is 10. The minimum atomic E-state index is -2.51. The largest absolute Gasteiger partial charge is 0.460 e. The van der Waals surface area contributed by atoms with E-state index in [2.05, 4.69) is 0 Å². The number of carbonyl (C=O) groups excluding carboxylic acids is 5. The number of nitrogens with zero attached hydrogens (tertiary/aromatic N) is 1. The van der Waals surface area contributed by atoms with Gasteiger partial charge in [-0.25, -0.2) is 4.79 Å². The van der Waals surface area contributed by atoms with Crippen LogP contribution in [0.4, 0.5) is 0 Å². The van der Waals surface area contributed by atoms with E-state index < -0.39 is 96.1 Å². The maximum atomic E-state index is 14.5. The van der Waals surface area contributed by atoms with E-state index in [1.807, 2.05) is 51.2 Å². The molecule has 19 atom stereocenters. The van der Waals surface area contributed by atoms with Gasteiger partial charge in [0.25, 0.3) is 11.7 Å². The highest BCUT2D eigenvalue weighted by molar-refractivity contribution is 6.39. The highest BCUT2D eigenvalue weighted by Crippen LogP contribution is 2.38. The zero-order chi connectivity index (χ0) is 55.4. The lowest BCUT2D eigenvalue weighted by atomic mass is 9.78. The number of aliphatic hydroxyl groups is 4. The number of Topliss-reactive ketones (excluding diaryl/α,β-unsaturated/α-hetero) is 3. The summed E-state index contributed by atoms with van der Waals surface area (Å²) in [6.45, 7) is 13.4. The van der Waals surface area contributed by atoms with Crippen molar-refractivity contribution in [1.82, 2.24) is 4.90 Å². The number of hydrogen-bond donors (Lipinski definition) is 4. The van der Waals surface area contributed by atoms with Crippen LogP contribution in [0.25, 0.3) is 0 Å². The Kier molecular flexibility index (Phi) is 23.2. The molecule has 428 valence electrons. The molecule has 18 nitrogen and oxygen atoms in total. The molecule has 0 radical (unpaired) electrons. The lowest BCUT2D eigenvalue weighted by molar-refractivity contribution is -0.266. The number of fused-ring (bicyclic) bond motifs is 4. The van der Waals surface area contributed by atoms with Crippen molar-refractivity contribution < 1.29 is 82.3 Å². The van der Waals surface area contributed by atoms with Crippen LogP contribution in [-0.4, -0.2) is 181 Å². The van der Waals surface area contributed by atoms with Crippen LogP contribution in [-0.2, 0) is 61.9 Å². The van der Waals surface area contributed by atoms with Crippen LogP contribution in [0.1, 0.15) is 126 Å². The highest BCUT2D eigenvalue weighted by Gasteiger charge is 2.53. The Balaban J connectivity index is 1.28. The van der Waals surface area contributed by atoms with Crippen molar-refractivity contribution in [2.75, 3.05) is 47.2 Å². The highest BCUT2D eigenvalue weighted by atomic mass is 16.6.